The predicted molar refractivity (Wildman–Crippen MR) is 56.3 cm³/mol. The Morgan fingerprint density at radius 3 is 2.60 bits per heavy atom. The second kappa shape index (κ2) is 4.26. The van der Waals surface area contributed by atoms with Crippen LogP contribution in [0.25, 0.3) is 0 Å². The van der Waals surface area contributed by atoms with E-state index in [2.05, 4.69) is 4.98 Å². The molecule has 2 heterocycles. The van der Waals surface area contributed by atoms with E-state index in [1.807, 2.05) is 30.0 Å². The van der Waals surface area contributed by atoms with Crippen LogP contribution in [-0.4, -0.2) is 45.4 Å². The van der Waals surface area contributed by atoms with Gasteiger partial charge in [0.05, 0.1) is 17.9 Å². The lowest BCUT2D eigenvalue weighted by Gasteiger charge is -2.13. The first-order chi connectivity index (χ1) is 7.15. The van der Waals surface area contributed by atoms with Gasteiger partial charge < -0.3 is 10.2 Å². The maximum absolute atomic E-state index is 9.39. The smallest absolute Gasteiger partial charge is 0.0938 e. The molecule has 0 saturated carbocycles. The van der Waals surface area contributed by atoms with Gasteiger partial charge in [-0.05, 0) is 19.1 Å². The average molecular weight is 208 g/mol. The van der Waals surface area contributed by atoms with Crippen molar-refractivity contribution in [2.45, 2.75) is 25.7 Å². The third-order valence-electron chi connectivity index (χ3n) is 2.67. The second-order valence-corrected chi connectivity index (χ2v) is 4.10. The summed E-state index contributed by atoms with van der Waals surface area (Å²) in [5.41, 5.74) is 1.98. The molecule has 0 amide bonds. The Balaban J connectivity index is 1.98. The van der Waals surface area contributed by atoms with E-state index in [9.17, 15) is 10.2 Å². The van der Waals surface area contributed by atoms with Crippen molar-refractivity contribution in [3.8, 4) is 0 Å². The molecule has 4 nitrogen and oxygen atoms in total. The summed E-state index contributed by atoms with van der Waals surface area (Å²) in [5.74, 6) is 0. The van der Waals surface area contributed by atoms with Crippen molar-refractivity contribution in [3.05, 3.63) is 29.6 Å². The van der Waals surface area contributed by atoms with Crippen molar-refractivity contribution in [1.82, 2.24) is 9.88 Å². The molecule has 0 aliphatic carbocycles. The molecule has 1 aromatic heterocycles. The second-order valence-electron chi connectivity index (χ2n) is 4.10. The van der Waals surface area contributed by atoms with Gasteiger partial charge in [-0.15, -0.1) is 0 Å². The number of hydrogen-bond donors (Lipinski definition) is 2. The lowest BCUT2D eigenvalue weighted by Crippen LogP contribution is -2.22. The largest absolute Gasteiger partial charge is 0.389 e. The molecule has 0 bridgehead atoms. The van der Waals surface area contributed by atoms with Crippen molar-refractivity contribution in [1.29, 1.82) is 0 Å². The van der Waals surface area contributed by atoms with Crippen LogP contribution in [0.2, 0.25) is 0 Å². The molecular weight excluding hydrogens is 192 g/mol. The standard InChI is InChI=1S/C11H16N2O2/c1-8-3-2-4-9(12-8)5-13-6-10(14)11(15)7-13/h2-4,10-11,14-15H,5-7H2,1H3/t10-,11+. The maximum atomic E-state index is 9.39. The quantitative estimate of drug-likeness (QED) is 0.714. The Hall–Kier alpha value is -0.970. The van der Waals surface area contributed by atoms with Gasteiger partial charge in [0.1, 0.15) is 0 Å². The number of rotatable bonds is 2. The molecule has 0 aromatic carbocycles. The van der Waals surface area contributed by atoms with Gasteiger partial charge in [-0.3, -0.25) is 9.88 Å². The molecule has 1 aliphatic rings. The van der Waals surface area contributed by atoms with Crippen molar-refractivity contribution < 1.29 is 10.2 Å². The summed E-state index contributed by atoms with van der Waals surface area (Å²) >= 11 is 0. The highest BCUT2D eigenvalue weighted by Gasteiger charge is 2.29. The van der Waals surface area contributed by atoms with E-state index in [0.717, 1.165) is 11.4 Å². The molecular formula is C11H16N2O2. The maximum Gasteiger partial charge on any atom is 0.0938 e. The highest BCUT2D eigenvalue weighted by Crippen LogP contribution is 2.13. The normalized spacial score (nSPS) is 27.1. The Bertz CT molecular complexity index is 333. The number of β-amino-alcohol motifs (C(OH)–C–C–N with tert-alkyl or cyclic N) is 2. The molecule has 82 valence electrons. The van der Waals surface area contributed by atoms with Gasteiger partial charge in [0.2, 0.25) is 0 Å². The number of pyridine rings is 1. The van der Waals surface area contributed by atoms with Crippen LogP contribution in [0, 0.1) is 6.92 Å². The van der Waals surface area contributed by atoms with Crippen LogP contribution in [0.4, 0.5) is 0 Å². The molecule has 1 saturated heterocycles. The molecule has 0 spiro atoms. The van der Waals surface area contributed by atoms with E-state index >= 15 is 0 Å². The zero-order chi connectivity index (χ0) is 10.8. The third kappa shape index (κ3) is 2.53. The number of aliphatic hydroxyl groups is 2. The molecule has 2 rings (SSSR count). The summed E-state index contributed by atoms with van der Waals surface area (Å²) in [5, 5.41) is 18.8. The minimum Gasteiger partial charge on any atom is -0.389 e. The first-order valence-corrected chi connectivity index (χ1v) is 5.16. The van der Waals surface area contributed by atoms with Crippen molar-refractivity contribution in [3.63, 3.8) is 0 Å². The Morgan fingerprint density at radius 2 is 2.00 bits per heavy atom. The summed E-state index contributed by atoms with van der Waals surface area (Å²) in [6, 6.07) is 5.89. The minimum atomic E-state index is -0.616. The number of likely N-dealkylation sites (tertiary alicyclic amines) is 1. The highest BCUT2D eigenvalue weighted by molar-refractivity contribution is 5.10. The summed E-state index contributed by atoms with van der Waals surface area (Å²) in [7, 11) is 0. The fourth-order valence-corrected chi connectivity index (χ4v) is 1.89. The van der Waals surface area contributed by atoms with Crippen molar-refractivity contribution >= 4 is 0 Å². The van der Waals surface area contributed by atoms with Crippen molar-refractivity contribution in [2.24, 2.45) is 0 Å². The average Bonchev–Trinajstić information content (AvgIpc) is 2.45. The monoisotopic (exact) mass is 208 g/mol. The van der Waals surface area contributed by atoms with E-state index in [0.29, 0.717) is 19.6 Å². The van der Waals surface area contributed by atoms with Gasteiger partial charge in [0, 0.05) is 25.3 Å². The third-order valence-corrected chi connectivity index (χ3v) is 2.67. The number of aryl methyl sites for hydroxylation is 1. The van der Waals surface area contributed by atoms with Crippen LogP contribution >= 0.6 is 0 Å². The first kappa shape index (κ1) is 10.5. The number of aliphatic hydroxyl groups excluding tert-OH is 2. The molecule has 0 radical (unpaired) electrons. The van der Waals surface area contributed by atoms with Crippen molar-refractivity contribution in [2.75, 3.05) is 13.1 Å². The van der Waals surface area contributed by atoms with Crippen LogP contribution < -0.4 is 0 Å². The zero-order valence-electron chi connectivity index (χ0n) is 8.80. The van der Waals surface area contributed by atoms with Gasteiger partial charge in [-0.1, -0.05) is 6.07 Å². The van der Waals surface area contributed by atoms with Crippen LogP contribution in [0.1, 0.15) is 11.4 Å². The van der Waals surface area contributed by atoms with Crippen LogP contribution in [0.3, 0.4) is 0 Å². The summed E-state index contributed by atoms with van der Waals surface area (Å²) in [4.78, 5) is 6.39. The summed E-state index contributed by atoms with van der Waals surface area (Å²) in [6.07, 6.45) is -1.23. The first-order valence-electron chi connectivity index (χ1n) is 5.16. The summed E-state index contributed by atoms with van der Waals surface area (Å²) in [6.45, 7) is 3.69. The van der Waals surface area contributed by atoms with E-state index in [4.69, 9.17) is 0 Å². The zero-order valence-corrected chi connectivity index (χ0v) is 8.80. The predicted octanol–water partition coefficient (Wildman–Crippen LogP) is -0.0726. The number of hydrogen-bond acceptors (Lipinski definition) is 4. The molecule has 2 atom stereocenters. The molecule has 1 aromatic rings. The fourth-order valence-electron chi connectivity index (χ4n) is 1.89. The SMILES string of the molecule is Cc1cccc(CN2C[C@@H](O)[C@@H](O)C2)n1. The van der Waals surface area contributed by atoms with Crippen LogP contribution in [0.15, 0.2) is 18.2 Å². The molecule has 1 fully saturated rings. The van der Waals surface area contributed by atoms with E-state index in [-0.39, 0.29) is 0 Å². The topological polar surface area (TPSA) is 56.6 Å². The Labute approximate surface area is 89.2 Å². The van der Waals surface area contributed by atoms with Gasteiger partial charge in [0.15, 0.2) is 0 Å². The van der Waals surface area contributed by atoms with Gasteiger partial charge in [0.25, 0.3) is 0 Å². The molecule has 15 heavy (non-hydrogen) atoms. The molecule has 4 heteroatoms. The lowest BCUT2D eigenvalue weighted by atomic mass is 10.3. The minimum absolute atomic E-state index is 0.525. The number of nitrogens with zero attached hydrogens (tertiary/aromatic N) is 2. The van der Waals surface area contributed by atoms with Gasteiger partial charge in [-0.2, -0.15) is 0 Å². The summed E-state index contributed by atoms with van der Waals surface area (Å²) < 4.78 is 0. The molecule has 1 aliphatic heterocycles. The van der Waals surface area contributed by atoms with Crippen LogP contribution in [0.5, 0.6) is 0 Å². The van der Waals surface area contributed by atoms with E-state index in [1.54, 1.807) is 0 Å². The molecule has 0 unspecified atom stereocenters. The number of aromatic nitrogens is 1. The Morgan fingerprint density at radius 1 is 1.33 bits per heavy atom. The lowest BCUT2D eigenvalue weighted by molar-refractivity contribution is 0.0572. The fraction of sp³-hybridized carbons (Fsp3) is 0.545. The van der Waals surface area contributed by atoms with Gasteiger partial charge in [-0.25, -0.2) is 0 Å². The molecule has 2 N–H and O–H groups in total. The highest BCUT2D eigenvalue weighted by atomic mass is 16.3. The van der Waals surface area contributed by atoms with E-state index < -0.39 is 12.2 Å². The van der Waals surface area contributed by atoms with E-state index in [1.165, 1.54) is 0 Å². The van der Waals surface area contributed by atoms with Gasteiger partial charge >= 0.3 is 0 Å². The van der Waals surface area contributed by atoms with Crippen LogP contribution in [-0.2, 0) is 6.54 Å². The Kier molecular flexibility index (Phi) is 3.00.